The van der Waals surface area contributed by atoms with E-state index in [-0.39, 0.29) is 11.8 Å². The number of fused-ring (bicyclic) bond motifs is 1. The van der Waals surface area contributed by atoms with Gasteiger partial charge in [-0.2, -0.15) is 0 Å². The monoisotopic (exact) mass is 321 g/mol. The van der Waals surface area contributed by atoms with Crippen LogP contribution in [0.25, 0.3) is 0 Å². The Hall–Kier alpha value is -1.73. The van der Waals surface area contributed by atoms with Crippen LogP contribution in [0.4, 0.5) is 0 Å². The number of benzene rings is 1. The summed E-state index contributed by atoms with van der Waals surface area (Å²) in [6.45, 7) is 2.91. The third-order valence-electron chi connectivity index (χ3n) is 3.92. The van der Waals surface area contributed by atoms with Crippen molar-refractivity contribution in [3.63, 3.8) is 0 Å². The number of hydrogen-bond donors (Lipinski definition) is 0. The average Bonchev–Trinajstić information content (AvgIpc) is 2.90. The molecule has 0 aliphatic carbocycles. The minimum atomic E-state index is -3.01. The van der Waals surface area contributed by atoms with Crippen LogP contribution >= 0.6 is 0 Å². The molecule has 0 N–H and O–H groups in total. The van der Waals surface area contributed by atoms with Gasteiger partial charge >= 0.3 is 0 Å². The average molecular weight is 321 g/mol. The molecule has 0 bridgehead atoms. The van der Waals surface area contributed by atoms with Crippen molar-refractivity contribution in [2.24, 2.45) is 0 Å². The smallest absolute Gasteiger partial charge is 0.233 e. The Morgan fingerprint density at radius 2 is 2.00 bits per heavy atom. The van der Waals surface area contributed by atoms with Crippen LogP contribution in [0.5, 0.6) is 0 Å². The largest absolute Gasteiger partial charge is 0.424 e. The van der Waals surface area contributed by atoms with E-state index in [2.05, 4.69) is 27.2 Å². The SMILES string of the molecule is Cc1nnc(C2Cc3ccccc3CN2CCS(C)(=O)=O)o1. The second-order valence-electron chi connectivity index (χ2n) is 5.75. The maximum Gasteiger partial charge on any atom is 0.233 e. The Morgan fingerprint density at radius 3 is 2.64 bits per heavy atom. The molecule has 2 heterocycles. The molecule has 1 aromatic carbocycles. The van der Waals surface area contributed by atoms with E-state index in [0.29, 0.717) is 24.9 Å². The molecule has 0 saturated heterocycles. The number of hydrogen-bond acceptors (Lipinski definition) is 6. The highest BCUT2D eigenvalue weighted by atomic mass is 32.2. The van der Waals surface area contributed by atoms with Crippen molar-refractivity contribution < 1.29 is 12.8 Å². The number of aryl methyl sites for hydroxylation is 1. The maximum atomic E-state index is 11.5. The summed E-state index contributed by atoms with van der Waals surface area (Å²) in [7, 11) is -3.01. The molecule has 118 valence electrons. The van der Waals surface area contributed by atoms with Crippen molar-refractivity contribution in [3.05, 3.63) is 47.2 Å². The van der Waals surface area contributed by atoms with Gasteiger partial charge in [-0.1, -0.05) is 24.3 Å². The topological polar surface area (TPSA) is 76.3 Å². The van der Waals surface area contributed by atoms with Gasteiger partial charge in [0, 0.05) is 26.3 Å². The fourth-order valence-electron chi connectivity index (χ4n) is 2.79. The molecule has 1 atom stereocenters. The fraction of sp³-hybridized carbons (Fsp3) is 0.467. The van der Waals surface area contributed by atoms with Crippen molar-refractivity contribution in [3.8, 4) is 0 Å². The van der Waals surface area contributed by atoms with Gasteiger partial charge in [-0.05, 0) is 17.5 Å². The van der Waals surface area contributed by atoms with E-state index in [1.165, 1.54) is 17.4 Å². The quantitative estimate of drug-likeness (QED) is 0.850. The van der Waals surface area contributed by atoms with Crippen LogP contribution in [0.2, 0.25) is 0 Å². The van der Waals surface area contributed by atoms with Crippen LogP contribution in [0, 0.1) is 6.92 Å². The zero-order valence-corrected chi connectivity index (χ0v) is 13.5. The van der Waals surface area contributed by atoms with Gasteiger partial charge in [0.05, 0.1) is 11.8 Å². The Labute approximate surface area is 130 Å². The molecule has 0 radical (unpaired) electrons. The molecule has 0 fully saturated rings. The molecule has 1 aliphatic rings. The summed E-state index contributed by atoms with van der Waals surface area (Å²) in [5.74, 6) is 1.20. The lowest BCUT2D eigenvalue weighted by Crippen LogP contribution is -2.37. The fourth-order valence-corrected chi connectivity index (χ4v) is 3.35. The second kappa shape index (κ2) is 5.81. The summed E-state index contributed by atoms with van der Waals surface area (Å²) in [4.78, 5) is 2.11. The molecule has 0 saturated carbocycles. The summed E-state index contributed by atoms with van der Waals surface area (Å²) in [5, 5.41) is 8.03. The molecular weight excluding hydrogens is 302 g/mol. The van der Waals surface area contributed by atoms with Crippen molar-refractivity contribution in [2.45, 2.75) is 25.9 Å². The van der Waals surface area contributed by atoms with E-state index in [4.69, 9.17) is 4.42 Å². The third kappa shape index (κ3) is 3.36. The lowest BCUT2D eigenvalue weighted by Gasteiger charge is -2.34. The van der Waals surface area contributed by atoms with Crippen molar-refractivity contribution in [1.29, 1.82) is 0 Å². The van der Waals surface area contributed by atoms with Gasteiger partial charge in [-0.3, -0.25) is 4.90 Å². The highest BCUT2D eigenvalue weighted by Gasteiger charge is 2.31. The molecule has 2 aromatic rings. The number of rotatable bonds is 4. The van der Waals surface area contributed by atoms with Crippen molar-refractivity contribution in [2.75, 3.05) is 18.6 Å². The van der Waals surface area contributed by atoms with E-state index in [0.717, 1.165) is 6.42 Å². The molecule has 0 amide bonds. The predicted octanol–water partition coefficient (Wildman–Crippen LogP) is 1.52. The van der Waals surface area contributed by atoms with Gasteiger partial charge in [0.1, 0.15) is 9.84 Å². The summed E-state index contributed by atoms with van der Waals surface area (Å²) >= 11 is 0. The normalized spacial score (nSPS) is 19.1. The predicted molar refractivity (Wildman–Crippen MR) is 82.0 cm³/mol. The highest BCUT2D eigenvalue weighted by molar-refractivity contribution is 7.90. The lowest BCUT2D eigenvalue weighted by molar-refractivity contribution is 0.155. The van der Waals surface area contributed by atoms with Crippen LogP contribution in [0.3, 0.4) is 0 Å². The van der Waals surface area contributed by atoms with Crippen LogP contribution in [0.15, 0.2) is 28.7 Å². The molecule has 22 heavy (non-hydrogen) atoms. The van der Waals surface area contributed by atoms with E-state index in [1.54, 1.807) is 6.92 Å². The molecule has 7 heteroatoms. The summed E-state index contributed by atoms with van der Waals surface area (Å²) in [6, 6.07) is 8.13. The van der Waals surface area contributed by atoms with E-state index in [9.17, 15) is 8.42 Å². The van der Waals surface area contributed by atoms with Crippen LogP contribution in [-0.4, -0.2) is 42.1 Å². The van der Waals surface area contributed by atoms with E-state index < -0.39 is 9.84 Å². The zero-order chi connectivity index (χ0) is 15.7. The zero-order valence-electron chi connectivity index (χ0n) is 12.7. The van der Waals surface area contributed by atoms with E-state index in [1.807, 2.05) is 12.1 Å². The molecule has 3 rings (SSSR count). The van der Waals surface area contributed by atoms with Crippen LogP contribution in [0.1, 0.15) is 29.0 Å². The Kier molecular flexibility index (Phi) is 4.01. The lowest BCUT2D eigenvalue weighted by atomic mass is 9.94. The molecule has 6 nitrogen and oxygen atoms in total. The standard InChI is InChI=1S/C15H19N3O3S/c1-11-16-17-15(21-11)14-9-12-5-3-4-6-13(12)10-18(14)7-8-22(2,19)20/h3-6,14H,7-10H2,1-2H3. The first-order valence-corrected chi connectivity index (χ1v) is 9.27. The van der Waals surface area contributed by atoms with Gasteiger partial charge in [-0.15, -0.1) is 10.2 Å². The summed E-state index contributed by atoms with van der Waals surface area (Å²) in [6.07, 6.45) is 2.01. The van der Waals surface area contributed by atoms with Gasteiger partial charge in [-0.25, -0.2) is 8.42 Å². The minimum absolute atomic E-state index is 0.0714. The first-order chi connectivity index (χ1) is 10.4. The Bertz CT molecular complexity index is 770. The van der Waals surface area contributed by atoms with Crippen molar-refractivity contribution >= 4 is 9.84 Å². The second-order valence-corrected chi connectivity index (χ2v) is 8.01. The molecule has 0 spiro atoms. The first-order valence-electron chi connectivity index (χ1n) is 7.21. The van der Waals surface area contributed by atoms with E-state index >= 15 is 0 Å². The van der Waals surface area contributed by atoms with Gasteiger partial charge in [0.15, 0.2) is 0 Å². The van der Waals surface area contributed by atoms with Gasteiger partial charge in [0.25, 0.3) is 0 Å². The maximum absolute atomic E-state index is 11.5. The van der Waals surface area contributed by atoms with Crippen LogP contribution < -0.4 is 0 Å². The minimum Gasteiger partial charge on any atom is -0.424 e. The van der Waals surface area contributed by atoms with Gasteiger partial charge < -0.3 is 4.42 Å². The number of aromatic nitrogens is 2. The van der Waals surface area contributed by atoms with Crippen LogP contribution in [-0.2, 0) is 22.8 Å². The number of sulfone groups is 1. The summed E-state index contributed by atoms with van der Waals surface area (Å²) in [5.41, 5.74) is 2.47. The third-order valence-corrected chi connectivity index (χ3v) is 4.85. The molecule has 1 aromatic heterocycles. The summed E-state index contributed by atoms with van der Waals surface area (Å²) < 4.78 is 28.6. The van der Waals surface area contributed by atoms with Gasteiger partial charge in [0.2, 0.25) is 11.8 Å². The molecule has 1 unspecified atom stereocenters. The first kappa shape index (κ1) is 15.2. The number of nitrogens with zero attached hydrogens (tertiary/aromatic N) is 3. The van der Waals surface area contributed by atoms with Crippen molar-refractivity contribution in [1.82, 2.24) is 15.1 Å². The molecule has 1 aliphatic heterocycles. The Balaban J connectivity index is 1.89. The molecular formula is C15H19N3O3S. The highest BCUT2D eigenvalue weighted by Crippen LogP contribution is 2.32. The Morgan fingerprint density at radius 1 is 1.27 bits per heavy atom.